The zero-order valence-corrected chi connectivity index (χ0v) is 11.9. The van der Waals surface area contributed by atoms with Gasteiger partial charge in [0.1, 0.15) is 0 Å². The van der Waals surface area contributed by atoms with Gasteiger partial charge in [-0.15, -0.1) is 0 Å². The Hall–Kier alpha value is -0.350. The minimum Gasteiger partial charge on any atom is -0.320 e. The Bertz CT molecular complexity index is 509. The first-order chi connectivity index (χ1) is 7.61. The maximum atomic E-state index is 6.27. The molecule has 4 heteroatoms. The molecule has 0 saturated heterocycles. The smallest absolute Gasteiger partial charge is 0.0586 e. The van der Waals surface area contributed by atoms with Crippen LogP contribution >= 0.6 is 38.9 Å². The maximum absolute atomic E-state index is 6.27. The number of hydrogen-bond donors (Lipinski definition) is 1. The Balaban J connectivity index is 2.46. The minimum atomic E-state index is -0.173. The largest absolute Gasteiger partial charge is 0.320 e. The van der Waals surface area contributed by atoms with Crippen LogP contribution in [-0.2, 0) is 0 Å². The topological polar surface area (TPSA) is 26.0 Å². The summed E-state index contributed by atoms with van der Waals surface area (Å²) in [6.07, 6.45) is 0. The first kappa shape index (κ1) is 12.1. The number of aryl methyl sites for hydroxylation is 1. The van der Waals surface area contributed by atoms with E-state index in [9.17, 15) is 0 Å². The van der Waals surface area contributed by atoms with Gasteiger partial charge in [0.15, 0.2) is 0 Å². The van der Waals surface area contributed by atoms with Crippen molar-refractivity contribution in [3.63, 3.8) is 0 Å². The van der Waals surface area contributed by atoms with Gasteiger partial charge in [-0.25, -0.2) is 0 Å². The molecule has 1 aromatic carbocycles. The van der Waals surface area contributed by atoms with Crippen LogP contribution in [0.3, 0.4) is 0 Å². The number of nitrogens with two attached hydrogens (primary N) is 1. The first-order valence-corrected chi connectivity index (χ1v) is 6.95. The summed E-state index contributed by atoms with van der Waals surface area (Å²) in [4.78, 5) is 0. The predicted molar refractivity (Wildman–Crippen MR) is 74.2 cm³/mol. The van der Waals surface area contributed by atoms with Crippen molar-refractivity contribution in [2.24, 2.45) is 5.73 Å². The fourth-order valence-electron chi connectivity index (χ4n) is 1.59. The molecule has 0 amide bonds. The summed E-state index contributed by atoms with van der Waals surface area (Å²) in [7, 11) is 0. The first-order valence-electron chi connectivity index (χ1n) is 4.83. The van der Waals surface area contributed by atoms with Crippen LogP contribution in [0.15, 0.2) is 33.4 Å². The molecule has 1 aromatic heterocycles. The number of hydrogen-bond acceptors (Lipinski definition) is 2. The van der Waals surface area contributed by atoms with Crippen LogP contribution in [0.25, 0.3) is 0 Å². The van der Waals surface area contributed by atoms with Gasteiger partial charge in [0.2, 0.25) is 0 Å². The summed E-state index contributed by atoms with van der Waals surface area (Å²) < 4.78 is 1.04. The van der Waals surface area contributed by atoms with Crippen molar-refractivity contribution < 1.29 is 0 Å². The molecule has 1 heterocycles. The van der Waals surface area contributed by atoms with Crippen molar-refractivity contribution in [2.45, 2.75) is 13.0 Å². The number of rotatable bonds is 2. The van der Waals surface area contributed by atoms with Gasteiger partial charge >= 0.3 is 0 Å². The van der Waals surface area contributed by atoms with Crippen LogP contribution in [0.2, 0.25) is 5.02 Å². The summed E-state index contributed by atoms with van der Waals surface area (Å²) in [5, 5.41) is 4.83. The second-order valence-electron chi connectivity index (χ2n) is 3.63. The molecule has 0 spiro atoms. The highest BCUT2D eigenvalue weighted by Gasteiger charge is 2.16. The van der Waals surface area contributed by atoms with E-state index in [2.05, 4.69) is 15.9 Å². The van der Waals surface area contributed by atoms with E-state index in [1.807, 2.05) is 35.9 Å². The second-order valence-corrected chi connectivity index (χ2v) is 5.61. The normalized spacial score (nSPS) is 12.8. The van der Waals surface area contributed by atoms with Gasteiger partial charge in [-0.1, -0.05) is 29.8 Å². The third-order valence-corrected chi connectivity index (χ3v) is 4.80. The Morgan fingerprint density at radius 2 is 2.06 bits per heavy atom. The highest BCUT2D eigenvalue weighted by molar-refractivity contribution is 9.10. The van der Waals surface area contributed by atoms with E-state index < -0.39 is 0 Å². The lowest BCUT2D eigenvalue weighted by Gasteiger charge is -2.14. The summed E-state index contributed by atoms with van der Waals surface area (Å²) in [6.45, 7) is 1.99. The maximum Gasteiger partial charge on any atom is 0.0586 e. The molecule has 1 nitrogen and oxygen atoms in total. The molecule has 1 unspecified atom stereocenters. The van der Waals surface area contributed by atoms with E-state index >= 15 is 0 Å². The molecule has 0 fully saturated rings. The molecule has 2 N–H and O–H groups in total. The van der Waals surface area contributed by atoms with E-state index in [1.54, 1.807) is 11.3 Å². The number of thiophene rings is 1. The van der Waals surface area contributed by atoms with Crippen LogP contribution < -0.4 is 5.73 Å². The average Bonchev–Trinajstić information content (AvgIpc) is 2.68. The van der Waals surface area contributed by atoms with Crippen LogP contribution in [-0.4, -0.2) is 0 Å². The lowest BCUT2D eigenvalue weighted by atomic mass is 10.0. The summed E-state index contributed by atoms with van der Waals surface area (Å²) in [6, 6.07) is 5.77. The van der Waals surface area contributed by atoms with Crippen molar-refractivity contribution in [3.05, 3.63) is 55.1 Å². The molecule has 84 valence electrons. The minimum absolute atomic E-state index is 0.173. The average molecular weight is 317 g/mol. The van der Waals surface area contributed by atoms with Crippen LogP contribution in [0.5, 0.6) is 0 Å². The van der Waals surface area contributed by atoms with Crippen LogP contribution in [0.4, 0.5) is 0 Å². The van der Waals surface area contributed by atoms with Gasteiger partial charge in [0.05, 0.1) is 6.04 Å². The Kier molecular flexibility index (Phi) is 3.70. The van der Waals surface area contributed by atoms with Gasteiger partial charge in [-0.3, -0.25) is 0 Å². The van der Waals surface area contributed by atoms with Crippen molar-refractivity contribution in [2.75, 3.05) is 0 Å². The second kappa shape index (κ2) is 4.88. The molecule has 0 aliphatic rings. The number of benzene rings is 1. The highest BCUT2D eigenvalue weighted by atomic mass is 79.9. The molecule has 16 heavy (non-hydrogen) atoms. The van der Waals surface area contributed by atoms with Gasteiger partial charge < -0.3 is 5.73 Å². The lowest BCUT2D eigenvalue weighted by Crippen LogP contribution is -2.12. The molecule has 0 aliphatic heterocycles. The monoisotopic (exact) mass is 315 g/mol. The molecule has 1 atom stereocenters. The van der Waals surface area contributed by atoms with Gasteiger partial charge in [0.25, 0.3) is 0 Å². The molecule has 0 radical (unpaired) electrons. The molecule has 2 aromatic rings. The Morgan fingerprint density at radius 1 is 1.31 bits per heavy atom. The summed E-state index contributed by atoms with van der Waals surface area (Å²) in [5.74, 6) is 0. The standard InChI is InChI=1S/C12H11BrClNS/c1-7-3-2-4-8(11(7)14)12(15)9-5-16-6-10(9)13/h2-6,12H,15H2,1H3. The quantitative estimate of drug-likeness (QED) is 0.866. The Morgan fingerprint density at radius 3 is 2.69 bits per heavy atom. The molecule has 0 saturated carbocycles. The molecule has 2 rings (SSSR count). The molecular weight excluding hydrogens is 306 g/mol. The predicted octanol–water partition coefficient (Wildman–Crippen LogP) is 4.52. The summed E-state index contributed by atoms with van der Waals surface area (Å²) in [5.41, 5.74) is 9.33. The van der Waals surface area contributed by atoms with Crippen LogP contribution in [0.1, 0.15) is 22.7 Å². The Labute approximate surface area is 112 Å². The van der Waals surface area contributed by atoms with Gasteiger partial charge in [-0.05, 0) is 44.9 Å². The zero-order valence-electron chi connectivity index (χ0n) is 8.71. The van der Waals surface area contributed by atoms with E-state index in [4.69, 9.17) is 17.3 Å². The van der Waals surface area contributed by atoms with E-state index in [1.165, 1.54) is 0 Å². The van der Waals surface area contributed by atoms with E-state index in [0.29, 0.717) is 0 Å². The van der Waals surface area contributed by atoms with Crippen molar-refractivity contribution in [1.82, 2.24) is 0 Å². The fourth-order valence-corrected chi connectivity index (χ4v) is 3.41. The van der Waals surface area contributed by atoms with E-state index in [0.717, 1.165) is 26.2 Å². The van der Waals surface area contributed by atoms with Crippen LogP contribution in [0, 0.1) is 6.92 Å². The third-order valence-electron chi connectivity index (χ3n) is 2.53. The summed E-state index contributed by atoms with van der Waals surface area (Å²) >= 11 is 11.4. The van der Waals surface area contributed by atoms with Gasteiger partial charge in [0, 0.05) is 14.9 Å². The van der Waals surface area contributed by atoms with Crippen molar-refractivity contribution in [3.8, 4) is 0 Å². The van der Waals surface area contributed by atoms with E-state index in [-0.39, 0.29) is 6.04 Å². The fraction of sp³-hybridized carbons (Fsp3) is 0.167. The zero-order chi connectivity index (χ0) is 11.7. The van der Waals surface area contributed by atoms with Crippen molar-refractivity contribution >= 4 is 38.9 Å². The van der Waals surface area contributed by atoms with Gasteiger partial charge in [-0.2, -0.15) is 11.3 Å². The lowest BCUT2D eigenvalue weighted by molar-refractivity contribution is 0.870. The number of halogens is 2. The SMILES string of the molecule is Cc1cccc(C(N)c2cscc2Br)c1Cl. The molecular formula is C12H11BrClNS. The molecule has 0 aliphatic carbocycles. The molecule has 0 bridgehead atoms. The highest BCUT2D eigenvalue weighted by Crippen LogP contribution is 2.34. The third kappa shape index (κ3) is 2.18. The van der Waals surface area contributed by atoms with Crippen molar-refractivity contribution in [1.29, 1.82) is 0 Å².